The Hall–Kier alpha value is -1.11. The number of carbonyl (C=O) groups is 1. The average Bonchev–Trinajstić information content (AvgIpc) is 2.10. The molecule has 0 fully saturated rings. The summed E-state index contributed by atoms with van der Waals surface area (Å²) < 4.78 is 0. The summed E-state index contributed by atoms with van der Waals surface area (Å²) in [6.07, 6.45) is 2.38. The van der Waals surface area contributed by atoms with Crippen LogP contribution in [-0.4, -0.2) is 5.78 Å². The van der Waals surface area contributed by atoms with Crippen LogP contribution in [0, 0.1) is 25.2 Å². The van der Waals surface area contributed by atoms with Gasteiger partial charge in [-0.25, -0.2) is 0 Å². The Morgan fingerprint density at radius 3 is 2.11 bits per heavy atom. The van der Waals surface area contributed by atoms with Crippen molar-refractivity contribution in [1.29, 1.82) is 0 Å². The van der Waals surface area contributed by atoms with E-state index in [2.05, 4.69) is 59.7 Å². The molecule has 1 atom stereocenters. The van der Waals surface area contributed by atoms with Crippen molar-refractivity contribution in [3.05, 3.63) is 34.9 Å². The molecule has 1 unspecified atom stereocenters. The highest BCUT2D eigenvalue weighted by Gasteiger charge is 2.17. The third-order valence-electron chi connectivity index (χ3n) is 3.22. The summed E-state index contributed by atoms with van der Waals surface area (Å²) in [5.74, 6) is 0.833. The third-order valence-corrected chi connectivity index (χ3v) is 3.22. The fourth-order valence-corrected chi connectivity index (χ4v) is 2.98. The first-order valence-corrected chi connectivity index (χ1v) is 7.24. The Morgan fingerprint density at radius 1 is 1.11 bits per heavy atom. The first kappa shape index (κ1) is 15.9. The molecule has 1 aromatic rings. The monoisotopic (exact) mass is 260 g/mol. The maximum Gasteiger partial charge on any atom is 0.137 e. The van der Waals surface area contributed by atoms with Crippen molar-refractivity contribution in [2.24, 2.45) is 11.3 Å². The van der Waals surface area contributed by atoms with Crippen molar-refractivity contribution in [2.75, 3.05) is 0 Å². The molecule has 1 rings (SSSR count). The standard InChI is InChI=1S/C18H28O/c1-13-7-14(2)9-16(8-13)11-17(19)10-15(3)12-18(4,5)6/h7-9,15H,10-12H2,1-6H3. The minimum Gasteiger partial charge on any atom is -0.299 e. The lowest BCUT2D eigenvalue weighted by molar-refractivity contribution is -0.119. The summed E-state index contributed by atoms with van der Waals surface area (Å²) in [5, 5.41) is 0. The third kappa shape index (κ3) is 6.56. The molecule has 19 heavy (non-hydrogen) atoms. The molecule has 0 heterocycles. The van der Waals surface area contributed by atoms with Gasteiger partial charge >= 0.3 is 0 Å². The van der Waals surface area contributed by atoms with Crippen LogP contribution in [0.2, 0.25) is 0 Å². The molecule has 1 nitrogen and oxygen atoms in total. The molecule has 0 radical (unpaired) electrons. The van der Waals surface area contributed by atoms with E-state index < -0.39 is 0 Å². The lowest BCUT2D eigenvalue weighted by atomic mass is 9.83. The van der Waals surface area contributed by atoms with E-state index in [1.165, 1.54) is 11.1 Å². The van der Waals surface area contributed by atoms with E-state index in [0.717, 1.165) is 12.0 Å². The van der Waals surface area contributed by atoms with Gasteiger partial charge < -0.3 is 0 Å². The molecule has 0 bridgehead atoms. The van der Waals surface area contributed by atoms with Crippen molar-refractivity contribution in [3.63, 3.8) is 0 Å². The fourth-order valence-electron chi connectivity index (χ4n) is 2.98. The maximum atomic E-state index is 12.1. The van der Waals surface area contributed by atoms with E-state index in [9.17, 15) is 4.79 Å². The molecule has 1 heteroatoms. The molecule has 1 aromatic carbocycles. The first-order chi connectivity index (χ1) is 8.65. The van der Waals surface area contributed by atoms with Crippen molar-refractivity contribution in [1.82, 2.24) is 0 Å². The Labute approximate surface area is 118 Å². The van der Waals surface area contributed by atoms with Gasteiger partial charge in [0.2, 0.25) is 0 Å². The van der Waals surface area contributed by atoms with Crippen LogP contribution < -0.4 is 0 Å². The Balaban J connectivity index is 2.55. The number of rotatable bonds is 5. The summed E-state index contributed by atoms with van der Waals surface area (Å²) in [7, 11) is 0. The molecule has 0 N–H and O–H groups in total. The van der Waals surface area contributed by atoms with Crippen LogP contribution >= 0.6 is 0 Å². The Kier molecular flexibility index (Phi) is 5.34. The second-order valence-electron chi connectivity index (χ2n) is 7.29. The quantitative estimate of drug-likeness (QED) is 0.737. The van der Waals surface area contributed by atoms with Gasteiger partial charge in [0.15, 0.2) is 0 Å². The maximum absolute atomic E-state index is 12.1. The van der Waals surface area contributed by atoms with Gasteiger partial charge in [-0.2, -0.15) is 0 Å². The fraction of sp³-hybridized carbons (Fsp3) is 0.611. The van der Waals surface area contributed by atoms with Crippen LogP contribution in [0.4, 0.5) is 0 Å². The Morgan fingerprint density at radius 2 is 1.63 bits per heavy atom. The lowest BCUT2D eigenvalue weighted by Gasteiger charge is -2.22. The lowest BCUT2D eigenvalue weighted by Crippen LogP contribution is -2.15. The average molecular weight is 260 g/mol. The van der Waals surface area contributed by atoms with Crippen molar-refractivity contribution >= 4 is 5.78 Å². The van der Waals surface area contributed by atoms with E-state index in [1.54, 1.807) is 0 Å². The number of hydrogen-bond donors (Lipinski definition) is 0. The number of benzene rings is 1. The number of aryl methyl sites for hydroxylation is 2. The predicted octanol–water partition coefficient (Wildman–Crippen LogP) is 4.88. The minimum atomic E-state index is 0.305. The zero-order chi connectivity index (χ0) is 14.6. The highest BCUT2D eigenvalue weighted by atomic mass is 16.1. The SMILES string of the molecule is Cc1cc(C)cc(CC(=O)CC(C)CC(C)(C)C)c1. The molecular formula is C18H28O. The largest absolute Gasteiger partial charge is 0.299 e. The van der Waals surface area contributed by atoms with E-state index in [4.69, 9.17) is 0 Å². The van der Waals surface area contributed by atoms with Crippen molar-refractivity contribution in [3.8, 4) is 0 Å². The van der Waals surface area contributed by atoms with Crippen molar-refractivity contribution < 1.29 is 4.79 Å². The van der Waals surface area contributed by atoms with Gasteiger partial charge in [-0.15, -0.1) is 0 Å². The van der Waals surface area contributed by atoms with Crippen LogP contribution in [0.5, 0.6) is 0 Å². The molecule has 0 amide bonds. The van der Waals surface area contributed by atoms with Crippen LogP contribution in [-0.2, 0) is 11.2 Å². The number of carbonyl (C=O) groups excluding carboxylic acids is 1. The number of Topliss-reactive ketones (excluding diaryl/α,β-unsaturated/α-hetero) is 1. The summed E-state index contributed by atoms with van der Waals surface area (Å²) in [6, 6.07) is 6.40. The van der Waals surface area contributed by atoms with E-state index in [-0.39, 0.29) is 0 Å². The zero-order valence-corrected chi connectivity index (χ0v) is 13.3. The summed E-state index contributed by atoms with van der Waals surface area (Å²) in [5.41, 5.74) is 3.95. The molecule has 0 saturated carbocycles. The molecule has 0 aliphatic rings. The van der Waals surface area contributed by atoms with Crippen LogP contribution in [0.25, 0.3) is 0 Å². The van der Waals surface area contributed by atoms with Crippen LogP contribution in [0.3, 0.4) is 0 Å². The number of hydrogen-bond acceptors (Lipinski definition) is 1. The van der Waals surface area contributed by atoms with E-state index in [0.29, 0.717) is 30.0 Å². The molecule has 106 valence electrons. The highest BCUT2D eigenvalue weighted by molar-refractivity contribution is 5.81. The van der Waals surface area contributed by atoms with E-state index in [1.807, 2.05) is 0 Å². The van der Waals surface area contributed by atoms with Gasteiger partial charge in [0.05, 0.1) is 0 Å². The second kappa shape index (κ2) is 6.36. The molecular weight excluding hydrogens is 232 g/mol. The normalized spacial score (nSPS) is 13.4. The molecule has 0 aliphatic heterocycles. The smallest absolute Gasteiger partial charge is 0.137 e. The van der Waals surface area contributed by atoms with Crippen LogP contribution in [0.15, 0.2) is 18.2 Å². The van der Waals surface area contributed by atoms with Gasteiger partial charge in [-0.1, -0.05) is 57.0 Å². The molecule has 0 aromatic heterocycles. The van der Waals surface area contributed by atoms with Gasteiger partial charge in [0.1, 0.15) is 5.78 Å². The van der Waals surface area contributed by atoms with E-state index >= 15 is 0 Å². The van der Waals surface area contributed by atoms with Crippen LogP contribution in [0.1, 0.15) is 57.2 Å². The summed E-state index contributed by atoms with van der Waals surface area (Å²) >= 11 is 0. The molecule has 0 saturated heterocycles. The highest BCUT2D eigenvalue weighted by Crippen LogP contribution is 2.26. The van der Waals surface area contributed by atoms with Gasteiger partial charge in [-0.05, 0) is 37.2 Å². The second-order valence-corrected chi connectivity index (χ2v) is 7.29. The van der Waals surface area contributed by atoms with Crippen molar-refractivity contribution in [2.45, 2.75) is 60.8 Å². The topological polar surface area (TPSA) is 17.1 Å². The van der Waals surface area contributed by atoms with Gasteiger partial charge in [0.25, 0.3) is 0 Å². The summed E-state index contributed by atoms with van der Waals surface area (Å²) in [4.78, 5) is 12.1. The molecule has 0 spiro atoms. The van der Waals surface area contributed by atoms with Gasteiger partial charge in [-0.3, -0.25) is 4.79 Å². The molecule has 0 aliphatic carbocycles. The predicted molar refractivity (Wildman–Crippen MR) is 82.5 cm³/mol. The minimum absolute atomic E-state index is 0.305. The Bertz CT molecular complexity index is 417. The number of ketones is 1. The zero-order valence-electron chi connectivity index (χ0n) is 13.3. The first-order valence-electron chi connectivity index (χ1n) is 7.24. The van der Waals surface area contributed by atoms with Gasteiger partial charge in [0, 0.05) is 12.8 Å². The summed E-state index contributed by atoms with van der Waals surface area (Å²) in [6.45, 7) is 13.1.